The van der Waals surface area contributed by atoms with E-state index >= 15 is 0 Å². The predicted molar refractivity (Wildman–Crippen MR) is 79.4 cm³/mol. The normalized spacial score (nSPS) is 9.35. The van der Waals surface area contributed by atoms with Gasteiger partial charge in [-0.3, -0.25) is 4.79 Å². The fourth-order valence-corrected chi connectivity index (χ4v) is 2.11. The molecule has 6 heteroatoms. The van der Waals surface area contributed by atoms with E-state index in [0.717, 1.165) is 11.3 Å². The molecule has 1 aromatic carbocycles. The lowest BCUT2D eigenvalue weighted by Gasteiger charge is -1.90. The Labute approximate surface area is 121 Å². The number of aryl methyl sites for hydroxylation is 3. The van der Waals surface area contributed by atoms with Crippen LogP contribution in [-0.2, 0) is 4.79 Å². The largest absolute Gasteiger partial charge is 0.477 e. The zero-order valence-corrected chi connectivity index (χ0v) is 12.3. The molecule has 0 saturated carbocycles. The van der Waals surface area contributed by atoms with Gasteiger partial charge in [0.05, 0.1) is 5.69 Å². The van der Waals surface area contributed by atoms with E-state index in [0.29, 0.717) is 17.2 Å². The van der Waals surface area contributed by atoms with Gasteiger partial charge in [-0.05, 0) is 20.8 Å². The molecule has 2 N–H and O–H groups in total. The van der Waals surface area contributed by atoms with E-state index in [-0.39, 0.29) is 4.88 Å². The Kier molecular flexibility index (Phi) is 5.86. The minimum Gasteiger partial charge on any atom is -0.477 e. The van der Waals surface area contributed by atoms with Crippen LogP contribution in [0.2, 0.25) is 0 Å². The van der Waals surface area contributed by atoms with Gasteiger partial charge >= 0.3 is 5.97 Å². The number of carbonyl (C=O) groups is 2. The molecule has 0 aliphatic rings. The smallest absolute Gasteiger partial charge is 0.347 e. The van der Waals surface area contributed by atoms with Gasteiger partial charge in [0.2, 0.25) is 6.41 Å². The molecule has 0 radical (unpaired) electrons. The number of nitrogens with one attached hydrogen (secondary N) is 1. The van der Waals surface area contributed by atoms with Gasteiger partial charge in [0, 0.05) is 0 Å². The molecule has 2 aromatic rings. The van der Waals surface area contributed by atoms with E-state index in [1.54, 1.807) is 6.92 Å². The lowest BCUT2D eigenvalue weighted by atomic mass is 10.2. The van der Waals surface area contributed by atoms with Crippen LogP contribution in [0.1, 0.15) is 26.5 Å². The summed E-state index contributed by atoms with van der Waals surface area (Å²) in [6.07, 6.45) is 0.462. The number of carbonyl (C=O) groups excluding carboxylic acids is 1. The molecule has 0 aliphatic carbocycles. The summed E-state index contributed by atoms with van der Waals surface area (Å²) in [4.78, 5) is 24.4. The Morgan fingerprint density at radius 1 is 1.20 bits per heavy atom. The van der Waals surface area contributed by atoms with Gasteiger partial charge in [0.1, 0.15) is 4.88 Å². The average Bonchev–Trinajstić information content (AvgIpc) is 2.75. The van der Waals surface area contributed by atoms with Crippen molar-refractivity contribution in [3.63, 3.8) is 0 Å². The van der Waals surface area contributed by atoms with Crippen LogP contribution < -0.4 is 5.32 Å². The summed E-state index contributed by atoms with van der Waals surface area (Å²) in [6, 6.07) is 8.48. The topological polar surface area (TPSA) is 79.3 Å². The summed E-state index contributed by atoms with van der Waals surface area (Å²) in [5.74, 6) is -1.02. The summed E-state index contributed by atoms with van der Waals surface area (Å²) in [5.41, 5.74) is 3.07. The van der Waals surface area contributed by atoms with E-state index in [1.165, 1.54) is 11.1 Å². The van der Waals surface area contributed by atoms with Crippen molar-refractivity contribution in [1.29, 1.82) is 0 Å². The first kappa shape index (κ1) is 15.8. The van der Waals surface area contributed by atoms with Crippen LogP contribution in [0.3, 0.4) is 0 Å². The minimum atomic E-state index is -1.02. The Morgan fingerprint density at radius 3 is 2.05 bits per heavy atom. The zero-order chi connectivity index (χ0) is 15.1. The van der Waals surface area contributed by atoms with Gasteiger partial charge in [0.25, 0.3) is 0 Å². The van der Waals surface area contributed by atoms with Crippen molar-refractivity contribution in [2.45, 2.75) is 20.8 Å². The predicted octanol–water partition coefficient (Wildman–Crippen LogP) is 3.02. The molecule has 0 aliphatic heterocycles. The zero-order valence-electron chi connectivity index (χ0n) is 11.5. The fraction of sp³-hybridized carbons (Fsp3) is 0.214. The Morgan fingerprint density at radius 2 is 1.70 bits per heavy atom. The highest BCUT2D eigenvalue weighted by Crippen LogP contribution is 2.21. The molecule has 106 valence electrons. The van der Waals surface area contributed by atoms with Crippen LogP contribution in [0.25, 0.3) is 0 Å². The van der Waals surface area contributed by atoms with Gasteiger partial charge in [0.15, 0.2) is 5.13 Å². The standard InChI is InChI=1S/C8H10.C6H6N2O3S/c1-7-3-5-8(2)6-4-7;1-3-4(5(10)11)12-6(8-3)7-2-9/h3-6H,1-2H3;2H,1H3,(H,10,11)(H,7,8,9). The maximum atomic E-state index is 10.5. The van der Waals surface area contributed by atoms with Crippen LogP contribution in [0.15, 0.2) is 24.3 Å². The lowest BCUT2D eigenvalue weighted by molar-refractivity contribution is -0.105. The van der Waals surface area contributed by atoms with Gasteiger partial charge in [-0.15, -0.1) is 0 Å². The quantitative estimate of drug-likeness (QED) is 0.852. The van der Waals surface area contributed by atoms with Crippen LogP contribution in [0, 0.1) is 20.8 Å². The van der Waals surface area contributed by atoms with Crippen molar-refractivity contribution >= 4 is 28.8 Å². The summed E-state index contributed by atoms with van der Waals surface area (Å²) in [6.45, 7) is 5.77. The molecule has 0 spiro atoms. The van der Waals surface area contributed by atoms with Gasteiger partial charge in [-0.1, -0.05) is 46.7 Å². The Bertz CT molecular complexity index is 570. The van der Waals surface area contributed by atoms with Crippen molar-refractivity contribution in [3.05, 3.63) is 46.0 Å². The summed E-state index contributed by atoms with van der Waals surface area (Å²) >= 11 is 0.939. The summed E-state index contributed by atoms with van der Waals surface area (Å²) in [5, 5.41) is 11.2. The van der Waals surface area contributed by atoms with E-state index in [1.807, 2.05) is 0 Å². The number of hydrogen-bond donors (Lipinski definition) is 2. The number of carboxylic acid groups (broad SMARTS) is 1. The maximum Gasteiger partial charge on any atom is 0.347 e. The number of carboxylic acids is 1. The SMILES string of the molecule is Cc1ccc(C)cc1.Cc1nc(NC=O)sc1C(=O)O. The first-order valence-corrected chi connectivity index (χ1v) is 6.70. The monoisotopic (exact) mass is 292 g/mol. The molecule has 20 heavy (non-hydrogen) atoms. The number of aromatic nitrogens is 1. The van der Waals surface area contributed by atoms with Crippen LogP contribution in [0.4, 0.5) is 5.13 Å². The van der Waals surface area contributed by atoms with Gasteiger partial charge in [-0.2, -0.15) is 0 Å². The third-order valence-corrected chi connectivity index (χ3v) is 3.47. The first-order valence-electron chi connectivity index (χ1n) is 5.88. The number of anilines is 1. The molecule has 0 fully saturated rings. The van der Waals surface area contributed by atoms with Crippen LogP contribution >= 0.6 is 11.3 Å². The summed E-state index contributed by atoms with van der Waals surface area (Å²) < 4.78 is 0. The number of nitrogens with zero attached hydrogens (tertiary/aromatic N) is 1. The molecule has 0 saturated heterocycles. The number of benzene rings is 1. The molecule has 0 bridgehead atoms. The van der Waals surface area contributed by atoms with Crippen molar-refractivity contribution in [2.24, 2.45) is 0 Å². The van der Waals surface area contributed by atoms with E-state index in [9.17, 15) is 9.59 Å². The highest BCUT2D eigenvalue weighted by molar-refractivity contribution is 7.17. The average molecular weight is 292 g/mol. The molecule has 0 unspecified atom stereocenters. The van der Waals surface area contributed by atoms with Gasteiger partial charge in [-0.25, -0.2) is 9.78 Å². The second-order valence-electron chi connectivity index (χ2n) is 4.16. The number of thiazole rings is 1. The second kappa shape index (κ2) is 7.40. The lowest BCUT2D eigenvalue weighted by Crippen LogP contribution is -1.94. The second-order valence-corrected chi connectivity index (χ2v) is 5.15. The maximum absolute atomic E-state index is 10.5. The first-order chi connectivity index (χ1) is 9.43. The molecular formula is C14H16N2O3S. The number of aromatic carboxylic acids is 1. The molecular weight excluding hydrogens is 276 g/mol. The highest BCUT2D eigenvalue weighted by atomic mass is 32.1. The highest BCUT2D eigenvalue weighted by Gasteiger charge is 2.12. The van der Waals surface area contributed by atoms with Crippen LogP contribution in [-0.4, -0.2) is 22.5 Å². The molecule has 5 nitrogen and oxygen atoms in total. The number of rotatable bonds is 3. The summed E-state index contributed by atoms with van der Waals surface area (Å²) in [7, 11) is 0. The Balaban J connectivity index is 0.000000217. The molecule has 0 atom stereocenters. The molecule has 2 rings (SSSR count). The number of amides is 1. The molecule has 1 heterocycles. The van der Waals surface area contributed by atoms with Crippen molar-refractivity contribution in [1.82, 2.24) is 4.98 Å². The fourth-order valence-electron chi connectivity index (χ4n) is 1.34. The van der Waals surface area contributed by atoms with E-state index < -0.39 is 5.97 Å². The van der Waals surface area contributed by atoms with E-state index in [4.69, 9.17) is 5.11 Å². The van der Waals surface area contributed by atoms with Crippen molar-refractivity contribution in [3.8, 4) is 0 Å². The van der Waals surface area contributed by atoms with Crippen molar-refractivity contribution < 1.29 is 14.7 Å². The van der Waals surface area contributed by atoms with E-state index in [2.05, 4.69) is 48.4 Å². The third kappa shape index (κ3) is 4.81. The minimum absolute atomic E-state index is 0.152. The third-order valence-electron chi connectivity index (χ3n) is 2.39. The number of hydrogen-bond acceptors (Lipinski definition) is 4. The van der Waals surface area contributed by atoms with Crippen molar-refractivity contribution in [2.75, 3.05) is 5.32 Å². The molecule has 1 aromatic heterocycles. The van der Waals surface area contributed by atoms with Crippen LogP contribution in [0.5, 0.6) is 0 Å². The molecule has 1 amide bonds. The Hall–Kier alpha value is -2.21. The van der Waals surface area contributed by atoms with Gasteiger partial charge < -0.3 is 10.4 Å².